The summed E-state index contributed by atoms with van der Waals surface area (Å²) in [4.78, 5) is 34.6. The zero-order valence-corrected chi connectivity index (χ0v) is 30.4. The normalized spacial score (nSPS) is 14.0. The molecule has 10 heteroatoms. The number of rotatable bonds is 33. The largest absolute Gasteiger partial charge is 0.472 e. The summed E-state index contributed by atoms with van der Waals surface area (Å²) in [6.07, 6.45) is 35.7. The maximum Gasteiger partial charge on any atom is 0.472 e. The summed E-state index contributed by atoms with van der Waals surface area (Å²) in [7, 11) is -4.38. The summed E-state index contributed by atoms with van der Waals surface area (Å²) in [5, 5.41) is 0. The van der Waals surface area contributed by atoms with Crippen LogP contribution in [0, 0.1) is 0 Å². The van der Waals surface area contributed by atoms with Crippen molar-refractivity contribution in [2.75, 3.05) is 26.4 Å². The first-order valence-electron chi connectivity index (χ1n) is 18.1. The molecule has 0 saturated heterocycles. The van der Waals surface area contributed by atoms with Crippen LogP contribution < -0.4 is 5.73 Å². The van der Waals surface area contributed by atoms with Crippen LogP contribution >= 0.6 is 7.82 Å². The van der Waals surface area contributed by atoms with Crippen molar-refractivity contribution in [1.29, 1.82) is 0 Å². The predicted molar refractivity (Wildman–Crippen MR) is 192 cm³/mol. The highest BCUT2D eigenvalue weighted by Crippen LogP contribution is 2.43. The van der Waals surface area contributed by atoms with Gasteiger partial charge >= 0.3 is 19.8 Å². The van der Waals surface area contributed by atoms with Gasteiger partial charge in [0.1, 0.15) is 6.61 Å². The lowest BCUT2D eigenvalue weighted by Crippen LogP contribution is -2.29. The van der Waals surface area contributed by atoms with E-state index in [0.29, 0.717) is 12.8 Å². The topological polar surface area (TPSA) is 134 Å². The maximum absolute atomic E-state index is 12.5. The number of phosphoric acid groups is 1. The first-order valence-corrected chi connectivity index (χ1v) is 19.6. The van der Waals surface area contributed by atoms with Crippen molar-refractivity contribution in [3.8, 4) is 0 Å². The Morgan fingerprint density at radius 2 is 1.11 bits per heavy atom. The molecule has 0 aromatic heterocycles. The predicted octanol–water partition coefficient (Wildman–Crippen LogP) is 9.60. The fourth-order valence-electron chi connectivity index (χ4n) is 4.47. The van der Waals surface area contributed by atoms with E-state index in [2.05, 4.69) is 62.5 Å². The molecular formula is C37H66NO8P. The van der Waals surface area contributed by atoms with E-state index in [1.165, 1.54) is 12.8 Å². The van der Waals surface area contributed by atoms with Gasteiger partial charge in [0.2, 0.25) is 0 Å². The first-order chi connectivity index (χ1) is 22.8. The van der Waals surface area contributed by atoms with Crippen molar-refractivity contribution in [2.45, 2.75) is 148 Å². The van der Waals surface area contributed by atoms with E-state index >= 15 is 0 Å². The number of ether oxygens (including phenoxy) is 2. The summed E-state index contributed by atoms with van der Waals surface area (Å²) in [6, 6.07) is 0. The second kappa shape index (κ2) is 33.9. The number of unbranched alkanes of at least 4 members (excludes halogenated alkanes) is 12. The number of allylic oxidation sites excluding steroid dienone is 8. The van der Waals surface area contributed by atoms with Gasteiger partial charge in [-0.25, -0.2) is 4.57 Å². The van der Waals surface area contributed by atoms with Crippen LogP contribution in [0.2, 0.25) is 0 Å². The van der Waals surface area contributed by atoms with Crippen LogP contribution in [0.5, 0.6) is 0 Å². The van der Waals surface area contributed by atoms with Gasteiger partial charge in [-0.2, -0.15) is 0 Å². The third kappa shape index (κ3) is 33.7. The Morgan fingerprint density at radius 1 is 0.638 bits per heavy atom. The molecule has 0 rings (SSSR count). The molecule has 0 aromatic carbocycles. The molecule has 3 N–H and O–H groups in total. The number of carbonyl (C=O) groups excluding carboxylic acids is 2. The minimum absolute atomic E-state index is 0.0470. The van der Waals surface area contributed by atoms with Crippen molar-refractivity contribution in [3.63, 3.8) is 0 Å². The molecule has 0 saturated carbocycles. The number of hydrogen-bond acceptors (Lipinski definition) is 8. The van der Waals surface area contributed by atoms with Crippen molar-refractivity contribution in [2.24, 2.45) is 5.73 Å². The Kier molecular flexibility index (Phi) is 32.4. The molecule has 0 aliphatic rings. The van der Waals surface area contributed by atoms with Gasteiger partial charge in [0.15, 0.2) is 6.10 Å². The Labute approximate surface area is 286 Å². The number of phosphoric ester groups is 1. The van der Waals surface area contributed by atoms with Crippen molar-refractivity contribution < 1.29 is 37.6 Å². The molecule has 0 heterocycles. The van der Waals surface area contributed by atoms with E-state index in [-0.39, 0.29) is 32.6 Å². The van der Waals surface area contributed by atoms with Crippen LogP contribution in [0.25, 0.3) is 0 Å². The Balaban J connectivity index is 4.31. The third-order valence-corrected chi connectivity index (χ3v) is 8.13. The molecule has 0 amide bonds. The van der Waals surface area contributed by atoms with Gasteiger partial charge in [-0.3, -0.25) is 18.6 Å². The first kappa shape index (κ1) is 45.0. The zero-order valence-electron chi connectivity index (χ0n) is 29.5. The van der Waals surface area contributed by atoms with E-state index in [1.807, 2.05) is 0 Å². The summed E-state index contributed by atoms with van der Waals surface area (Å²) in [5.41, 5.74) is 5.32. The molecule has 0 spiro atoms. The summed E-state index contributed by atoms with van der Waals surface area (Å²) in [6.45, 7) is 3.54. The second-order valence-corrected chi connectivity index (χ2v) is 13.2. The molecule has 0 fully saturated rings. The molecule has 2 unspecified atom stereocenters. The molecule has 272 valence electrons. The van der Waals surface area contributed by atoms with Gasteiger partial charge in [0.05, 0.1) is 13.2 Å². The highest BCUT2D eigenvalue weighted by molar-refractivity contribution is 7.47. The average Bonchev–Trinajstić information content (AvgIpc) is 3.05. The lowest BCUT2D eigenvalue weighted by atomic mass is 10.1. The SMILES string of the molecule is CCC/C=C\C/C=C\CCCCCCCC(=O)OCC(COP(=O)(O)OCCN)OC(=O)CCCCCCC/C=C\C/C=C\CCC. The zero-order chi connectivity index (χ0) is 34.7. The molecule has 0 aliphatic carbocycles. The summed E-state index contributed by atoms with van der Waals surface area (Å²) in [5.74, 6) is -0.869. The molecule has 47 heavy (non-hydrogen) atoms. The summed E-state index contributed by atoms with van der Waals surface area (Å²) < 4.78 is 32.6. The van der Waals surface area contributed by atoms with Crippen molar-refractivity contribution in [3.05, 3.63) is 48.6 Å². The molecule has 0 aliphatic heterocycles. The van der Waals surface area contributed by atoms with E-state index in [4.69, 9.17) is 24.3 Å². The number of carbonyl (C=O) groups is 2. The number of nitrogens with two attached hydrogens (primary N) is 1. The van der Waals surface area contributed by atoms with E-state index in [9.17, 15) is 19.0 Å². The molecule has 0 bridgehead atoms. The van der Waals surface area contributed by atoms with Gasteiger partial charge in [-0.15, -0.1) is 0 Å². The fraction of sp³-hybridized carbons (Fsp3) is 0.730. The molecule has 2 atom stereocenters. The lowest BCUT2D eigenvalue weighted by Gasteiger charge is -2.19. The molecule has 0 radical (unpaired) electrons. The molecule has 9 nitrogen and oxygen atoms in total. The highest BCUT2D eigenvalue weighted by Gasteiger charge is 2.25. The van der Waals surface area contributed by atoms with Gasteiger partial charge in [0, 0.05) is 19.4 Å². The Hall–Kier alpha value is -2.03. The monoisotopic (exact) mass is 683 g/mol. The van der Waals surface area contributed by atoms with Gasteiger partial charge in [-0.1, -0.05) is 114 Å². The van der Waals surface area contributed by atoms with Crippen LogP contribution in [0.15, 0.2) is 48.6 Å². The average molecular weight is 684 g/mol. The van der Waals surface area contributed by atoms with Crippen LogP contribution in [0.1, 0.15) is 142 Å². The van der Waals surface area contributed by atoms with Crippen LogP contribution in [0.3, 0.4) is 0 Å². The van der Waals surface area contributed by atoms with Crippen LogP contribution in [-0.2, 0) is 32.7 Å². The Morgan fingerprint density at radius 3 is 1.62 bits per heavy atom. The van der Waals surface area contributed by atoms with Crippen molar-refractivity contribution in [1.82, 2.24) is 0 Å². The van der Waals surface area contributed by atoms with E-state index in [1.54, 1.807) is 0 Å². The third-order valence-electron chi connectivity index (χ3n) is 7.15. The van der Waals surface area contributed by atoms with Gasteiger partial charge in [0.25, 0.3) is 0 Å². The van der Waals surface area contributed by atoms with Gasteiger partial charge < -0.3 is 20.1 Å². The molecular weight excluding hydrogens is 617 g/mol. The summed E-state index contributed by atoms with van der Waals surface area (Å²) >= 11 is 0. The Bertz CT molecular complexity index is 918. The second-order valence-electron chi connectivity index (χ2n) is 11.7. The highest BCUT2D eigenvalue weighted by atomic mass is 31.2. The number of hydrogen-bond donors (Lipinski definition) is 2. The fourth-order valence-corrected chi connectivity index (χ4v) is 5.24. The van der Waals surface area contributed by atoms with E-state index in [0.717, 1.165) is 89.9 Å². The minimum atomic E-state index is -4.38. The molecule has 0 aromatic rings. The lowest BCUT2D eigenvalue weighted by molar-refractivity contribution is -0.161. The number of esters is 2. The maximum atomic E-state index is 12.5. The van der Waals surface area contributed by atoms with E-state index < -0.39 is 32.5 Å². The van der Waals surface area contributed by atoms with Crippen LogP contribution in [0.4, 0.5) is 0 Å². The quantitative estimate of drug-likeness (QED) is 0.0300. The van der Waals surface area contributed by atoms with Gasteiger partial charge in [-0.05, 0) is 64.2 Å². The minimum Gasteiger partial charge on any atom is -0.462 e. The smallest absolute Gasteiger partial charge is 0.462 e. The standard InChI is InChI=1S/C37H66NO8P/c1-3-5-7-9-11-13-15-17-19-21-23-25-27-29-36(39)43-33-35(34-45-47(41,42)44-32-31-38)46-37(40)30-28-26-24-22-20-18-16-14-12-10-8-6-4-2/h7-10,13-16,35H,3-6,11-12,17-34,38H2,1-2H3,(H,41,42)/b9-7-,10-8-,15-13-,16-14-. The van der Waals surface area contributed by atoms with Crippen molar-refractivity contribution >= 4 is 19.8 Å². The van der Waals surface area contributed by atoms with Crippen LogP contribution in [-0.4, -0.2) is 49.3 Å².